The first-order valence-corrected chi connectivity index (χ1v) is 16.0. The number of halogens is 3. The molecule has 42 heavy (non-hydrogen) atoms. The van der Waals surface area contributed by atoms with Crippen LogP contribution in [-0.4, -0.2) is 56.6 Å². The highest BCUT2D eigenvalue weighted by Crippen LogP contribution is 2.33. The molecular weight excluding hydrogens is 621 g/mol. The van der Waals surface area contributed by atoms with Crippen LogP contribution >= 0.6 is 34.8 Å². The zero-order valence-corrected chi connectivity index (χ0v) is 27.1. The Morgan fingerprint density at radius 1 is 0.952 bits per heavy atom. The van der Waals surface area contributed by atoms with E-state index in [2.05, 4.69) is 5.32 Å². The number of hydrogen-bond acceptors (Lipinski definition) is 5. The van der Waals surface area contributed by atoms with Gasteiger partial charge in [0, 0.05) is 39.1 Å². The van der Waals surface area contributed by atoms with E-state index in [-0.39, 0.29) is 29.4 Å². The van der Waals surface area contributed by atoms with Gasteiger partial charge in [-0.1, -0.05) is 71.2 Å². The van der Waals surface area contributed by atoms with E-state index in [4.69, 9.17) is 39.5 Å². The second kappa shape index (κ2) is 14.0. The van der Waals surface area contributed by atoms with Crippen LogP contribution in [0.1, 0.15) is 31.9 Å². The van der Waals surface area contributed by atoms with Gasteiger partial charge >= 0.3 is 0 Å². The summed E-state index contributed by atoms with van der Waals surface area (Å²) >= 11 is 19.2. The summed E-state index contributed by atoms with van der Waals surface area (Å²) in [5.41, 5.74) is 0.680. The van der Waals surface area contributed by atoms with Crippen LogP contribution in [0.4, 0.5) is 5.69 Å². The molecule has 0 spiro atoms. The van der Waals surface area contributed by atoms with Crippen molar-refractivity contribution in [2.45, 2.75) is 45.3 Å². The van der Waals surface area contributed by atoms with E-state index in [1.54, 1.807) is 24.3 Å². The van der Waals surface area contributed by atoms with Gasteiger partial charge in [-0.3, -0.25) is 13.9 Å². The van der Waals surface area contributed by atoms with E-state index >= 15 is 0 Å². The van der Waals surface area contributed by atoms with Gasteiger partial charge in [-0.2, -0.15) is 0 Å². The standard InChI is InChI=1S/C30H34Cl3N3O5S/c1-30(2,3)34-29(38)26(16-20-10-7-6-8-11-20)35(18-22-23(32)12-9-13-24(22)33)28(37)19-36(42(5,39)40)25-17-21(31)14-15-27(25)41-4/h6-15,17,26H,16,18-19H2,1-5H3,(H,34,38). The lowest BCUT2D eigenvalue weighted by molar-refractivity contribution is -0.140. The minimum atomic E-state index is -4.02. The van der Waals surface area contributed by atoms with Crippen LogP contribution in [0.25, 0.3) is 0 Å². The number of carbonyl (C=O) groups excluding carboxylic acids is 2. The molecule has 0 saturated carbocycles. The molecule has 1 unspecified atom stereocenters. The summed E-state index contributed by atoms with van der Waals surface area (Å²) in [6, 6.07) is 17.6. The molecule has 1 N–H and O–H groups in total. The Morgan fingerprint density at radius 2 is 1.57 bits per heavy atom. The average Bonchev–Trinajstić information content (AvgIpc) is 2.89. The molecule has 0 aliphatic heterocycles. The molecule has 8 nitrogen and oxygen atoms in total. The second-order valence-corrected chi connectivity index (χ2v) is 13.9. The van der Waals surface area contributed by atoms with Gasteiger partial charge in [-0.05, 0) is 56.7 Å². The van der Waals surface area contributed by atoms with Gasteiger partial charge in [-0.25, -0.2) is 8.42 Å². The predicted octanol–water partition coefficient (Wildman–Crippen LogP) is 5.98. The molecule has 3 aromatic carbocycles. The van der Waals surface area contributed by atoms with Crippen molar-refractivity contribution < 1.29 is 22.7 Å². The Labute approximate surface area is 262 Å². The maximum absolute atomic E-state index is 14.3. The highest BCUT2D eigenvalue weighted by Gasteiger charge is 2.35. The number of rotatable bonds is 11. The zero-order valence-electron chi connectivity index (χ0n) is 24.0. The van der Waals surface area contributed by atoms with Crippen LogP contribution in [0.15, 0.2) is 66.7 Å². The van der Waals surface area contributed by atoms with E-state index in [1.165, 1.54) is 24.1 Å². The summed E-state index contributed by atoms with van der Waals surface area (Å²) in [6.07, 6.45) is 1.12. The van der Waals surface area contributed by atoms with Crippen molar-refractivity contribution in [1.29, 1.82) is 0 Å². The molecule has 0 saturated heterocycles. The van der Waals surface area contributed by atoms with Gasteiger partial charge < -0.3 is 15.0 Å². The Hall–Kier alpha value is -2.98. The molecule has 0 heterocycles. The summed E-state index contributed by atoms with van der Waals surface area (Å²) in [6.45, 7) is 4.69. The van der Waals surface area contributed by atoms with Crippen molar-refractivity contribution in [1.82, 2.24) is 10.2 Å². The summed E-state index contributed by atoms with van der Waals surface area (Å²) in [4.78, 5) is 29.4. The number of amides is 2. The van der Waals surface area contributed by atoms with Crippen LogP contribution in [0, 0.1) is 0 Å². The molecule has 0 fully saturated rings. The van der Waals surface area contributed by atoms with Crippen LogP contribution in [-0.2, 0) is 32.6 Å². The number of carbonyl (C=O) groups is 2. The second-order valence-electron chi connectivity index (χ2n) is 10.8. The SMILES string of the molecule is COc1ccc(Cl)cc1N(CC(=O)N(Cc1c(Cl)cccc1Cl)C(Cc1ccccc1)C(=O)NC(C)(C)C)S(C)(=O)=O. The molecular formula is C30H34Cl3N3O5S. The van der Waals surface area contributed by atoms with E-state index in [9.17, 15) is 18.0 Å². The Bertz CT molecular complexity index is 1510. The number of nitrogens with one attached hydrogen (secondary N) is 1. The monoisotopic (exact) mass is 653 g/mol. The topological polar surface area (TPSA) is 96.0 Å². The molecule has 1 atom stereocenters. The Kier molecular flexibility index (Phi) is 11.2. The highest BCUT2D eigenvalue weighted by atomic mass is 35.5. The lowest BCUT2D eigenvalue weighted by Crippen LogP contribution is -2.56. The van der Waals surface area contributed by atoms with Crippen molar-refractivity contribution in [3.8, 4) is 5.75 Å². The first kappa shape index (κ1) is 33.5. The van der Waals surface area contributed by atoms with E-state index < -0.39 is 40.0 Å². The third-order valence-electron chi connectivity index (χ3n) is 6.25. The van der Waals surface area contributed by atoms with Crippen molar-refractivity contribution in [2.24, 2.45) is 0 Å². The fourth-order valence-electron chi connectivity index (χ4n) is 4.31. The number of hydrogen-bond donors (Lipinski definition) is 1. The lowest BCUT2D eigenvalue weighted by atomic mass is 10.0. The third kappa shape index (κ3) is 9.01. The van der Waals surface area contributed by atoms with E-state index in [0.29, 0.717) is 15.6 Å². The summed E-state index contributed by atoms with van der Waals surface area (Å²) in [7, 11) is -2.64. The molecule has 2 amide bonds. The third-order valence-corrected chi connectivity index (χ3v) is 8.32. The predicted molar refractivity (Wildman–Crippen MR) is 169 cm³/mol. The van der Waals surface area contributed by atoms with Crippen LogP contribution < -0.4 is 14.4 Å². The normalized spacial score (nSPS) is 12.4. The maximum atomic E-state index is 14.3. The molecule has 0 bridgehead atoms. The highest BCUT2D eigenvalue weighted by molar-refractivity contribution is 7.92. The zero-order chi connectivity index (χ0) is 31.2. The van der Waals surface area contributed by atoms with Crippen molar-refractivity contribution in [3.05, 3.63) is 92.9 Å². The molecule has 226 valence electrons. The fraction of sp³-hybridized carbons (Fsp3) is 0.333. The number of nitrogens with zero attached hydrogens (tertiary/aromatic N) is 2. The average molecular weight is 655 g/mol. The van der Waals surface area contributed by atoms with Crippen LogP contribution in [0.2, 0.25) is 15.1 Å². The number of sulfonamides is 1. The largest absolute Gasteiger partial charge is 0.495 e. The molecule has 12 heteroatoms. The molecule has 3 aromatic rings. The minimum absolute atomic E-state index is 0.0790. The van der Waals surface area contributed by atoms with Gasteiger partial charge in [-0.15, -0.1) is 0 Å². The Morgan fingerprint density at radius 3 is 2.12 bits per heavy atom. The number of anilines is 1. The van der Waals surface area contributed by atoms with Gasteiger partial charge in [0.2, 0.25) is 21.8 Å². The summed E-state index contributed by atoms with van der Waals surface area (Å²) in [5, 5.41) is 3.81. The molecule has 0 radical (unpaired) electrons. The molecule has 0 aromatic heterocycles. The quantitative estimate of drug-likeness (QED) is 0.275. The van der Waals surface area contributed by atoms with Crippen molar-refractivity contribution in [3.63, 3.8) is 0 Å². The van der Waals surface area contributed by atoms with Crippen LogP contribution in [0.3, 0.4) is 0 Å². The molecule has 0 aliphatic rings. The van der Waals surface area contributed by atoms with Gasteiger partial charge in [0.25, 0.3) is 0 Å². The van der Waals surface area contributed by atoms with E-state index in [1.807, 2.05) is 51.1 Å². The number of ether oxygens (including phenoxy) is 1. The van der Waals surface area contributed by atoms with Gasteiger partial charge in [0.15, 0.2) is 0 Å². The molecule has 0 aliphatic carbocycles. The summed E-state index contributed by atoms with van der Waals surface area (Å²) < 4.78 is 32.4. The van der Waals surface area contributed by atoms with Crippen molar-refractivity contribution in [2.75, 3.05) is 24.2 Å². The first-order valence-electron chi connectivity index (χ1n) is 13.0. The van der Waals surface area contributed by atoms with Crippen LogP contribution in [0.5, 0.6) is 5.75 Å². The summed E-state index contributed by atoms with van der Waals surface area (Å²) in [5.74, 6) is -0.887. The first-order chi connectivity index (χ1) is 19.6. The minimum Gasteiger partial charge on any atom is -0.495 e. The maximum Gasteiger partial charge on any atom is 0.244 e. The molecule has 3 rings (SSSR count). The van der Waals surface area contributed by atoms with Gasteiger partial charge in [0.1, 0.15) is 18.3 Å². The fourth-order valence-corrected chi connectivity index (χ4v) is 5.84. The van der Waals surface area contributed by atoms with Gasteiger partial charge in [0.05, 0.1) is 19.1 Å². The lowest BCUT2D eigenvalue weighted by Gasteiger charge is -2.35. The smallest absolute Gasteiger partial charge is 0.244 e. The number of methoxy groups -OCH3 is 1. The van der Waals surface area contributed by atoms with Crippen molar-refractivity contribution >= 4 is 62.3 Å². The number of benzene rings is 3. The Balaban J connectivity index is 2.16. The van der Waals surface area contributed by atoms with E-state index in [0.717, 1.165) is 16.1 Å².